The second kappa shape index (κ2) is 5.27. The maximum absolute atomic E-state index is 12.4. The summed E-state index contributed by atoms with van der Waals surface area (Å²) in [6.07, 6.45) is 6.71. The average molecular weight is 369 g/mol. The first-order chi connectivity index (χ1) is 10.1. The van der Waals surface area contributed by atoms with Crippen molar-refractivity contribution in [2.75, 3.05) is 0 Å². The molecule has 0 spiro atoms. The van der Waals surface area contributed by atoms with Crippen molar-refractivity contribution < 1.29 is 4.79 Å². The summed E-state index contributed by atoms with van der Waals surface area (Å²) < 4.78 is 0.828. The number of carbonyl (C=O) groups excluding carboxylic acids is 1. The molecule has 3 aliphatic carbocycles. The van der Waals surface area contributed by atoms with Crippen LogP contribution in [0.1, 0.15) is 42.5 Å². The molecule has 1 aromatic carbocycles. The van der Waals surface area contributed by atoms with E-state index in [1.807, 2.05) is 12.1 Å². The topological polar surface area (TPSA) is 29.1 Å². The van der Waals surface area contributed by atoms with Gasteiger partial charge in [0.1, 0.15) is 0 Å². The molecule has 5 atom stereocenters. The summed E-state index contributed by atoms with van der Waals surface area (Å²) >= 11 is 9.44. The molecule has 5 unspecified atom stereocenters. The zero-order chi connectivity index (χ0) is 14.6. The van der Waals surface area contributed by atoms with Gasteiger partial charge in [0.15, 0.2) is 0 Å². The number of fused-ring (bicyclic) bond motifs is 5. The molecule has 1 aromatic rings. The lowest BCUT2D eigenvalue weighted by atomic mass is 9.79. The number of nitrogens with one attached hydrogen (secondary N) is 1. The van der Waals surface area contributed by atoms with Crippen molar-refractivity contribution in [2.45, 2.75) is 38.1 Å². The first-order valence-electron chi connectivity index (χ1n) is 7.89. The molecular formula is C17H19BrClNO. The highest BCUT2D eigenvalue weighted by molar-refractivity contribution is 9.10. The predicted octanol–water partition coefficient (Wildman–Crippen LogP) is 4.66. The Hall–Kier alpha value is -0.540. The van der Waals surface area contributed by atoms with E-state index >= 15 is 0 Å². The molecule has 3 saturated carbocycles. The van der Waals surface area contributed by atoms with Crippen LogP contribution in [0.5, 0.6) is 0 Å². The van der Waals surface area contributed by atoms with Crippen molar-refractivity contribution in [2.24, 2.45) is 23.7 Å². The van der Waals surface area contributed by atoms with Crippen molar-refractivity contribution in [3.8, 4) is 0 Å². The SMILES string of the molecule is O=C(NC1CC2CC1C1CCCC21)c1ccc(Br)c(Cl)c1. The number of rotatable bonds is 2. The fourth-order valence-corrected chi connectivity index (χ4v) is 5.55. The maximum Gasteiger partial charge on any atom is 0.251 e. The summed E-state index contributed by atoms with van der Waals surface area (Å²) in [4.78, 5) is 12.4. The summed E-state index contributed by atoms with van der Waals surface area (Å²) in [5.41, 5.74) is 0.661. The number of amides is 1. The maximum atomic E-state index is 12.4. The predicted molar refractivity (Wildman–Crippen MR) is 87.5 cm³/mol. The van der Waals surface area contributed by atoms with E-state index in [4.69, 9.17) is 11.6 Å². The monoisotopic (exact) mass is 367 g/mol. The summed E-state index contributed by atoms with van der Waals surface area (Å²) in [7, 11) is 0. The molecule has 2 bridgehead atoms. The Bertz CT molecular complexity index is 590. The van der Waals surface area contributed by atoms with Gasteiger partial charge < -0.3 is 5.32 Å². The van der Waals surface area contributed by atoms with Gasteiger partial charge in [-0.05, 0) is 83.5 Å². The van der Waals surface area contributed by atoms with E-state index in [0.717, 1.165) is 28.1 Å². The van der Waals surface area contributed by atoms with Crippen LogP contribution in [0, 0.1) is 23.7 Å². The van der Waals surface area contributed by atoms with Crippen molar-refractivity contribution in [1.29, 1.82) is 0 Å². The lowest BCUT2D eigenvalue weighted by Gasteiger charge is -2.32. The van der Waals surface area contributed by atoms with Crippen molar-refractivity contribution in [3.63, 3.8) is 0 Å². The quantitative estimate of drug-likeness (QED) is 0.808. The zero-order valence-corrected chi connectivity index (χ0v) is 14.2. The lowest BCUT2D eigenvalue weighted by molar-refractivity contribution is 0.0901. The Morgan fingerprint density at radius 2 is 2.00 bits per heavy atom. The first kappa shape index (κ1) is 14.1. The third kappa shape index (κ3) is 2.33. The minimum absolute atomic E-state index is 0.0245. The van der Waals surface area contributed by atoms with Gasteiger partial charge in [-0.25, -0.2) is 0 Å². The van der Waals surface area contributed by atoms with E-state index in [9.17, 15) is 4.79 Å². The Labute approximate surface area is 138 Å². The Kier molecular flexibility index (Phi) is 3.54. The van der Waals surface area contributed by atoms with Gasteiger partial charge in [-0.2, -0.15) is 0 Å². The van der Waals surface area contributed by atoms with E-state index in [1.165, 1.54) is 32.1 Å². The molecule has 0 saturated heterocycles. The molecule has 0 aromatic heterocycles. The van der Waals surface area contributed by atoms with Crippen LogP contribution >= 0.6 is 27.5 Å². The molecule has 0 radical (unpaired) electrons. The molecule has 0 aliphatic heterocycles. The van der Waals surface area contributed by atoms with Crippen molar-refractivity contribution >= 4 is 33.4 Å². The smallest absolute Gasteiger partial charge is 0.251 e. The van der Waals surface area contributed by atoms with Gasteiger partial charge in [0.05, 0.1) is 5.02 Å². The van der Waals surface area contributed by atoms with Gasteiger partial charge in [-0.15, -0.1) is 0 Å². The van der Waals surface area contributed by atoms with Crippen LogP contribution in [-0.2, 0) is 0 Å². The second-order valence-corrected chi connectivity index (χ2v) is 8.12. The van der Waals surface area contributed by atoms with Crippen LogP contribution in [0.2, 0.25) is 5.02 Å². The van der Waals surface area contributed by atoms with E-state index in [2.05, 4.69) is 21.2 Å². The molecule has 3 aliphatic rings. The number of halogens is 2. The summed E-state index contributed by atoms with van der Waals surface area (Å²) in [5.74, 6) is 3.45. The second-order valence-electron chi connectivity index (χ2n) is 6.86. The number of hydrogen-bond acceptors (Lipinski definition) is 1. The molecule has 1 amide bonds. The van der Waals surface area contributed by atoms with E-state index in [1.54, 1.807) is 6.07 Å². The number of carbonyl (C=O) groups is 1. The normalized spacial score (nSPS) is 36.8. The summed E-state index contributed by atoms with van der Waals surface area (Å²) in [6.45, 7) is 0. The van der Waals surface area contributed by atoms with E-state index < -0.39 is 0 Å². The highest BCUT2D eigenvalue weighted by Crippen LogP contribution is 2.58. The first-order valence-corrected chi connectivity index (χ1v) is 9.06. The van der Waals surface area contributed by atoms with Crippen LogP contribution in [0.4, 0.5) is 0 Å². The van der Waals surface area contributed by atoms with Gasteiger partial charge in [0.25, 0.3) is 5.91 Å². The van der Waals surface area contributed by atoms with Gasteiger partial charge in [-0.1, -0.05) is 18.0 Å². The molecule has 21 heavy (non-hydrogen) atoms. The lowest BCUT2D eigenvalue weighted by Crippen LogP contribution is -2.42. The third-order valence-electron chi connectivity index (χ3n) is 5.93. The molecular weight excluding hydrogens is 350 g/mol. The van der Waals surface area contributed by atoms with E-state index in [-0.39, 0.29) is 5.91 Å². The molecule has 4 heteroatoms. The summed E-state index contributed by atoms with van der Waals surface area (Å²) in [5, 5.41) is 3.86. The van der Waals surface area contributed by atoms with Crippen LogP contribution in [0.25, 0.3) is 0 Å². The van der Waals surface area contributed by atoms with Gasteiger partial charge in [0.2, 0.25) is 0 Å². The Morgan fingerprint density at radius 1 is 1.19 bits per heavy atom. The molecule has 1 N–H and O–H groups in total. The van der Waals surface area contributed by atoms with Crippen LogP contribution < -0.4 is 5.32 Å². The van der Waals surface area contributed by atoms with Gasteiger partial charge in [0, 0.05) is 16.1 Å². The Balaban J connectivity index is 1.47. The largest absolute Gasteiger partial charge is 0.349 e. The molecule has 3 fully saturated rings. The highest BCUT2D eigenvalue weighted by atomic mass is 79.9. The van der Waals surface area contributed by atoms with Crippen molar-refractivity contribution in [3.05, 3.63) is 33.3 Å². The fraction of sp³-hybridized carbons (Fsp3) is 0.588. The average Bonchev–Trinajstić information content (AvgIpc) is 3.13. The molecule has 2 nitrogen and oxygen atoms in total. The minimum atomic E-state index is 0.0245. The van der Waals surface area contributed by atoms with Crippen LogP contribution in [0.15, 0.2) is 22.7 Å². The van der Waals surface area contributed by atoms with Gasteiger partial charge >= 0.3 is 0 Å². The molecule has 112 valence electrons. The summed E-state index contributed by atoms with van der Waals surface area (Å²) in [6, 6.07) is 5.79. The van der Waals surface area contributed by atoms with Crippen LogP contribution in [0.3, 0.4) is 0 Å². The third-order valence-corrected chi connectivity index (χ3v) is 7.16. The van der Waals surface area contributed by atoms with E-state index in [0.29, 0.717) is 16.6 Å². The number of hydrogen-bond donors (Lipinski definition) is 1. The van der Waals surface area contributed by atoms with Crippen molar-refractivity contribution in [1.82, 2.24) is 5.32 Å². The highest BCUT2D eigenvalue weighted by Gasteiger charge is 2.54. The Morgan fingerprint density at radius 3 is 2.81 bits per heavy atom. The molecule has 0 heterocycles. The molecule has 4 rings (SSSR count). The zero-order valence-electron chi connectivity index (χ0n) is 11.8. The number of benzene rings is 1. The van der Waals surface area contributed by atoms with Gasteiger partial charge in [-0.3, -0.25) is 4.79 Å². The van der Waals surface area contributed by atoms with Crippen LogP contribution in [-0.4, -0.2) is 11.9 Å². The standard InChI is InChI=1S/C17H19BrClNO/c18-14-5-4-9(7-15(14)19)17(21)20-16-8-10-6-13(16)12-3-1-2-11(10)12/h4-5,7,10-13,16H,1-3,6,8H2,(H,20,21). The minimum Gasteiger partial charge on any atom is -0.349 e. The fourth-order valence-electron chi connectivity index (χ4n) is 5.12.